The molecule has 2 aliphatic rings. The second kappa shape index (κ2) is 16.0. The van der Waals surface area contributed by atoms with Crippen molar-refractivity contribution < 1.29 is 31.9 Å². The highest BCUT2D eigenvalue weighted by atomic mass is 32.2. The van der Waals surface area contributed by atoms with Crippen LogP contribution in [0.5, 0.6) is 5.75 Å². The Morgan fingerprint density at radius 1 is 1.06 bits per heavy atom. The predicted molar refractivity (Wildman–Crippen MR) is 202 cm³/mol. The van der Waals surface area contributed by atoms with Gasteiger partial charge in [0.25, 0.3) is 15.9 Å². The maximum Gasteiger partial charge on any atom is 0.269 e. The number of aryl methyl sites for hydroxylation is 1. The number of rotatable bonds is 17. The van der Waals surface area contributed by atoms with E-state index in [0.717, 1.165) is 56.3 Å². The van der Waals surface area contributed by atoms with Gasteiger partial charge in [0.15, 0.2) is 0 Å². The summed E-state index contributed by atoms with van der Waals surface area (Å²) in [5.41, 5.74) is 2.38. The van der Waals surface area contributed by atoms with Crippen LogP contribution >= 0.6 is 0 Å². The number of benzene rings is 2. The molecule has 1 aliphatic carbocycles. The highest BCUT2D eigenvalue weighted by molar-refractivity contribution is 7.93. The normalized spacial score (nSPS) is 16.6. The van der Waals surface area contributed by atoms with Crippen LogP contribution in [0.1, 0.15) is 75.6 Å². The Hall–Kier alpha value is -3.52. The number of hydrogen-bond donors (Lipinski definition) is 0. The van der Waals surface area contributed by atoms with Gasteiger partial charge in [-0.05, 0) is 57.7 Å². The van der Waals surface area contributed by atoms with Crippen molar-refractivity contribution in [1.29, 1.82) is 0 Å². The first-order valence-electron chi connectivity index (χ1n) is 18.1. The van der Waals surface area contributed by atoms with Crippen LogP contribution < -0.4 is 9.04 Å². The zero-order chi connectivity index (χ0) is 37.0. The largest absolute Gasteiger partial charge is 0.491 e. The van der Waals surface area contributed by atoms with Gasteiger partial charge in [0.1, 0.15) is 30.5 Å². The molecular weight excluding hydrogens is 685 g/mol. The van der Waals surface area contributed by atoms with Crippen molar-refractivity contribution in [1.82, 2.24) is 10.1 Å². The molecular formula is C38H54N4O7SSi. The van der Waals surface area contributed by atoms with Crippen molar-refractivity contribution in [3.05, 3.63) is 59.3 Å². The lowest BCUT2D eigenvalue weighted by molar-refractivity contribution is -0.131. The van der Waals surface area contributed by atoms with Gasteiger partial charge in [0, 0.05) is 35.9 Å². The molecule has 1 amide bonds. The molecule has 0 N–H and O–H groups in total. The maximum absolute atomic E-state index is 14.8. The lowest BCUT2D eigenvalue weighted by Gasteiger charge is -2.29. The summed E-state index contributed by atoms with van der Waals surface area (Å²) >= 11 is 0. The number of methoxy groups -OCH3 is 1. The van der Waals surface area contributed by atoms with Crippen LogP contribution in [0.3, 0.4) is 0 Å². The molecule has 1 aromatic heterocycles. The number of hydrogen-bond acceptors (Lipinski definition) is 9. The zero-order valence-electron chi connectivity index (χ0n) is 31.5. The van der Waals surface area contributed by atoms with Crippen molar-refractivity contribution >= 4 is 35.7 Å². The number of ether oxygens (including phenoxy) is 3. The Kier molecular flexibility index (Phi) is 12.2. The molecule has 2 aromatic carbocycles. The Morgan fingerprint density at radius 3 is 2.43 bits per heavy atom. The third-order valence-electron chi connectivity index (χ3n) is 10.2. The summed E-state index contributed by atoms with van der Waals surface area (Å²) in [5.74, 6) is 1.54. The molecule has 1 atom stereocenters. The second-order valence-electron chi connectivity index (χ2n) is 14.8. The molecule has 1 saturated carbocycles. The number of carbonyl (C=O) groups is 1. The number of amidine groups is 1. The number of anilines is 1. The molecule has 1 aliphatic heterocycles. The van der Waals surface area contributed by atoms with E-state index in [-0.39, 0.29) is 35.8 Å². The van der Waals surface area contributed by atoms with Gasteiger partial charge >= 0.3 is 0 Å². The summed E-state index contributed by atoms with van der Waals surface area (Å²) in [4.78, 5) is 20.8. The first kappa shape index (κ1) is 38.7. The molecule has 2 heterocycles. The Labute approximate surface area is 304 Å². The van der Waals surface area contributed by atoms with Gasteiger partial charge in [-0.2, -0.15) is 0 Å². The molecule has 278 valence electrons. The van der Waals surface area contributed by atoms with Crippen LogP contribution in [-0.4, -0.2) is 76.6 Å². The van der Waals surface area contributed by atoms with Crippen LogP contribution in [-0.2, 0) is 30.8 Å². The lowest BCUT2D eigenvalue weighted by atomic mass is 9.98. The van der Waals surface area contributed by atoms with Crippen LogP contribution in [0.2, 0.25) is 19.6 Å². The van der Waals surface area contributed by atoms with Gasteiger partial charge in [0.2, 0.25) is 5.88 Å². The highest BCUT2D eigenvalue weighted by Gasteiger charge is 2.49. The molecule has 1 fully saturated rings. The summed E-state index contributed by atoms with van der Waals surface area (Å²) in [5, 5.41) is 4.06. The Bertz CT molecular complexity index is 1830. The van der Waals surface area contributed by atoms with Crippen molar-refractivity contribution in [2.45, 2.75) is 115 Å². The second-order valence-corrected chi connectivity index (χ2v) is 22.2. The SMILES string of the molecule is CCCCC1=NC2(CCCC2)C(=O)N1Cc1ccc(-c2ccccc2S(=O)(=O)N(COC(C)[Si](C)(C)C)c2onc(C)c2C)c(OCCOC)c1. The van der Waals surface area contributed by atoms with Crippen LogP contribution in [0.25, 0.3) is 11.1 Å². The quantitative estimate of drug-likeness (QED) is 0.0786. The van der Waals surface area contributed by atoms with E-state index in [1.54, 1.807) is 45.2 Å². The molecule has 3 aromatic rings. The van der Waals surface area contributed by atoms with E-state index < -0.39 is 23.6 Å². The van der Waals surface area contributed by atoms with Crippen molar-refractivity contribution in [3.8, 4) is 16.9 Å². The molecule has 0 radical (unpaired) electrons. The summed E-state index contributed by atoms with van der Waals surface area (Å²) in [6.07, 6.45) is 6.33. The molecule has 0 bridgehead atoms. The van der Waals surface area contributed by atoms with Gasteiger partial charge in [-0.1, -0.05) is 81.3 Å². The average Bonchev–Trinajstić information content (AvgIpc) is 3.78. The maximum atomic E-state index is 14.8. The van der Waals surface area contributed by atoms with Gasteiger partial charge in [-0.25, -0.2) is 12.7 Å². The number of aromatic nitrogens is 1. The molecule has 5 rings (SSSR count). The monoisotopic (exact) mass is 738 g/mol. The fourth-order valence-corrected chi connectivity index (χ4v) is 8.56. The first-order chi connectivity index (χ1) is 24.2. The van der Waals surface area contributed by atoms with E-state index in [1.807, 2.05) is 30.0 Å². The van der Waals surface area contributed by atoms with Crippen LogP contribution in [0.15, 0.2) is 56.9 Å². The Balaban J connectivity index is 1.54. The minimum absolute atomic E-state index is 0.0685. The van der Waals surface area contributed by atoms with Gasteiger partial charge < -0.3 is 18.7 Å². The fourth-order valence-electron chi connectivity index (χ4n) is 6.46. The average molecular weight is 739 g/mol. The summed E-state index contributed by atoms with van der Waals surface area (Å²) < 4.78 is 54.1. The number of sulfonamides is 1. The van der Waals surface area contributed by atoms with Crippen LogP contribution in [0, 0.1) is 13.8 Å². The molecule has 0 saturated heterocycles. The van der Waals surface area contributed by atoms with E-state index in [2.05, 4.69) is 31.7 Å². The minimum atomic E-state index is -4.25. The third-order valence-corrected chi connectivity index (χ3v) is 14.5. The standard InChI is InChI=1S/C38H54N4O7SSi/c1-9-10-17-35-39-38(20-13-14-21-38)37(43)41(35)25-30-18-19-31(33(24-30)47-23-22-46-5)32-15-11-12-16-34(32)50(44,45)42(26-48-29(4)51(6,7)8)36-27(2)28(3)40-49-36/h11-12,15-16,18-19,24,29H,9-10,13-14,17,20-23,25-26H2,1-8H3. The highest BCUT2D eigenvalue weighted by Crippen LogP contribution is 2.42. The van der Waals surface area contributed by atoms with E-state index in [9.17, 15) is 13.2 Å². The topological polar surface area (TPSA) is 124 Å². The molecule has 1 spiro atoms. The van der Waals surface area contributed by atoms with Gasteiger partial charge in [-0.3, -0.25) is 14.7 Å². The number of nitrogens with zero attached hydrogens (tertiary/aromatic N) is 4. The number of carbonyl (C=O) groups excluding carboxylic acids is 1. The van der Waals surface area contributed by atoms with E-state index >= 15 is 0 Å². The Morgan fingerprint density at radius 2 is 1.78 bits per heavy atom. The minimum Gasteiger partial charge on any atom is -0.491 e. The number of amides is 1. The molecule has 51 heavy (non-hydrogen) atoms. The molecule has 13 heteroatoms. The van der Waals surface area contributed by atoms with Crippen molar-refractivity contribution in [3.63, 3.8) is 0 Å². The predicted octanol–water partition coefficient (Wildman–Crippen LogP) is 7.66. The smallest absolute Gasteiger partial charge is 0.269 e. The molecule has 11 nitrogen and oxygen atoms in total. The fraction of sp³-hybridized carbons (Fsp3) is 0.553. The van der Waals surface area contributed by atoms with E-state index in [0.29, 0.717) is 41.3 Å². The zero-order valence-corrected chi connectivity index (χ0v) is 33.3. The summed E-state index contributed by atoms with van der Waals surface area (Å²) in [7, 11) is -4.40. The van der Waals surface area contributed by atoms with E-state index in [1.165, 1.54) is 4.31 Å². The van der Waals surface area contributed by atoms with Crippen molar-refractivity contribution in [2.75, 3.05) is 31.4 Å². The van der Waals surface area contributed by atoms with Crippen molar-refractivity contribution in [2.24, 2.45) is 4.99 Å². The number of unbranched alkanes of at least 4 members (excludes halogenated alkanes) is 1. The van der Waals surface area contributed by atoms with Crippen LogP contribution in [0.4, 0.5) is 5.88 Å². The first-order valence-corrected chi connectivity index (χ1v) is 23.1. The molecule has 1 unspecified atom stereocenters. The summed E-state index contributed by atoms with van der Waals surface area (Å²) in [6, 6.07) is 12.6. The van der Waals surface area contributed by atoms with Gasteiger partial charge in [0.05, 0.1) is 31.8 Å². The lowest BCUT2D eigenvalue weighted by Crippen LogP contribution is -2.42. The summed E-state index contributed by atoms with van der Waals surface area (Å²) in [6.45, 7) is 14.9. The van der Waals surface area contributed by atoms with Gasteiger partial charge in [-0.15, -0.1) is 0 Å². The number of aliphatic imine (C=N–C) groups is 1. The van der Waals surface area contributed by atoms with E-state index in [4.69, 9.17) is 23.7 Å². The third kappa shape index (κ3) is 8.26.